The maximum absolute atomic E-state index is 12.4. The fraction of sp³-hybridized carbons (Fsp3) is 0.467. The van der Waals surface area contributed by atoms with Crippen LogP contribution in [0, 0.1) is 25.7 Å². The van der Waals surface area contributed by atoms with Crippen LogP contribution in [-0.2, 0) is 4.79 Å². The Kier molecular flexibility index (Phi) is 3.50. The van der Waals surface area contributed by atoms with Crippen molar-refractivity contribution in [3.8, 4) is 0 Å². The smallest absolute Gasteiger partial charge is 0.307 e. The number of carbonyl (C=O) groups excluding carboxylic acids is 1. The fourth-order valence-corrected chi connectivity index (χ4v) is 2.86. The first-order valence-electron chi connectivity index (χ1n) is 6.35. The van der Waals surface area contributed by atoms with Crippen molar-refractivity contribution in [2.24, 2.45) is 11.8 Å². The molecule has 1 aliphatic rings. The van der Waals surface area contributed by atoms with Crippen molar-refractivity contribution in [2.75, 3.05) is 0 Å². The van der Waals surface area contributed by atoms with Gasteiger partial charge in [-0.05, 0) is 32.3 Å². The summed E-state index contributed by atoms with van der Waals surface area (Å²) in [6, 6.07) is 5.70. The number of hydrogen-bond acceptors (Lipinski definition) is 2. The lowest BCUT2D eigenvalue weighted by Gasteiger charge is -2.16. The molecule has 0 spiro atoms. The van der Waals surface area contributed by atoms with Crippen molar-refractivity contribution in [1.82, 2.24) is 0 Å². The van der Waals surface area contributed by atoms with Gasteiger partial charge in [-0.15, -0.1) is 0 Å². The summed E-state index contributed by atoms with van der Waals surface area (Å²) < 4.78 is 0. The molecule has 0 heterocycles. The molecule has 96 valence electrons. The third-order valence-corrected chi connectivity index (χ3v) is 3.82. The van der Waals surface area contributed by atoms with Gasteiger partial charge in [-0.25, -0.2) is 0 Å². The molecule has 0 aromatic heterocycles. The Hall–Kier alpha value is -1.64. The Bertz CT molecular complexity index is 491. The Morgan fingerprint density at radius 2 is 1.83 bits per heavy atom. The molecule has 0 saturated heterocycles. The molecule has 0 radical (unpaired) electrons. The quantitative estimate of drug-likeness (QED) is 0.834. The lowest BCUT2D eigenvalue weighted by Crippen LogP contribution is -2.25. The highest BCUT2D eigenvalue weighted by Crippen LogP contribution is 2.35. The fourth-order valence-electron chi connectivity index (χ4n) is 2.86. The molecule has 1 aromatic carbocycles. The number of carboxylic acids is 1. The SMILES string of the molecule is Cc1ccc(C(=O)[C@H]2CCC[C@H]2C(=O)O)c(C)c1. The van der Waals surface area contributed by atoms with Gasteiger partial charge in [0.2, 0.25) is 0 Å². The van der Waals surface area contributed by atoms with Gasteiger partial charge in [-0.3, -0.25) is 9.59 Å². The number of aliphatic carboxylic acids is 1. The second kappa shape index (κ2) is 4.92. The van der Waals surface area contributed by atoms with Crippen molar-refractivity contribution in [2.45, 2.75) is 33.1 Å². The molecule has 0 unspecified atom stereocenters. The number of carboxylic acid groups (broad SMARTS) is 1. The highest BCUT2D eigenvalue weighted by atomic mass is 16.4. The minimum Gasteiger partial charge on any atom is -0.481 e. The highest BCUT2D eigenvalue weighted by Gasteiger charge is 2.38. The zero-order chi connectivity index (χ0) is 13.3. The van der Waals surface area contributed by atoms with Gasteiger partial charge in [0.1, 0.15) is 0 Å². The predicted octanol–water partition coefficient (Wildman–Crippen LogP) is 2.99. The first-order chi connectivity index (χ1) is 8.50. The molecule has 18 heavy (non-hydrogen) atoms. The molecule has 0 bridgehead atoms. The van der Waals surface area contributed by atoms with E-state index in [2.05, 4.69) is 0 Å². The molecular formula is C15H18O3. The number of rotatable bonds is 3. The molecule has 1 fully saturated rings. The summed E-state index contributed by atoms with van der Waals surface area (Å²) >= 11 is 0. The van der Waals surface area contributed by atoms with Gasteiger partial charge in [0, 0.05) is 11.5 Å². The number of aryl methyl sites for hydroxylation is 2. The van der Waals surface area contributed by atoms with E-state index < -0.39 is 11.9 Å². The molecule has 0 aliphatic heterocycles. The predicted molar refractivity (Wildman–Crippen MR) is 68.7 cm³/mol. The summed E-state index contributed by atoms with van der Waals surface area (Å²) in [4.78, 5) is 23.6. The summed E-state index contributed by atoms with van der Waals surface area (Å²) in [6.45, 7) is 3.89. The maximum Gasteiger partial charge on any atom is 0.307 e. The van der Waals surface area contributed by atoms with Crippen molar-refractivity contribution < 1.29 is 14.7 Å². The zero-order valence-corrected chi connectivity index (χ0v) is 10.8. The number of benzene rings is 1. The van der Waals surface area contributed by atoms with Gasteiger partial charge in [0.05, 0.1) is 5.92 Å². The first-order valence-corrected chi connectivity index (χ1v) is 6.35. The first kappa shape index (κ1) is 12.8. The molecule has 2 atom stereocenters. The number of Topliss-reactive ketones (excluding diaryl/α,β-unsaturated/α-hetero) is 1. The summed E-state index contributed by atoms with van der Waals surface area (Å²) in [7, 11) is 0. The summed E-state index contributed by atoms with van der Waals surface area (Å²) in [5.41, 5.74) is 2.74. The van der Waals surface area contributed by atoms with Gasteiger partial charge in [-0.2, -0.15) is 0 Å². The van der Waals surface area contributed by atoms with Crippen LogP contribution in [0.15, 0.2) is 18.2 Å². The second-order valence-electron chi connectivity index (χ2n) is 5.16. The average molecular weight is 246 g/mol. The van der Waals surface area contributed by atoms with Crippen LogP contribution < -0.4 is 0 Å². The normalized spacial score (nSPS) is 23.0. The van der Waals surface area contributed by atoms with Crippen LogP contribution in [0.1, 0.15) is 40.7 Å². The Balaban J connectivity index is 2.28. The van der Waals surface area contributed by atoms with E-state index >= 15 is 0 Å². The van der Waals surface area contributed by atoms with E-state index in [9.17, 15) is 9.59 Å². The molecule has 0 amide bonds. The monoisotopic (exact) mass is 246 g/mol. The summed E-state index contributed by atoms with van der Waals surface area (Å²) in [5, 5.41) is 9.14. The van der Waals surface area contributed by atoms with Crippen LogP contribution in [-0.4, -0.2) is 16.9 Å². The topological polar surface area (TPSA) is 54.4 Å². The van der Waals surface area contributed by atoms with Crippen LogP contribution in [0.25, 0.3) is 0 Å². The van der Waals surface area contributed by atoms with Gasteiger partial charge >= 0.3 is 5.97 Å². The zero-order valence-electron chi connectivity index (χ0n) is 10.8. The van der Waals surface area contributed by atoms with Gasteiger partial charge in [-0.1, -0.05) is 30.2 Å². The second-order valence-corrected chi connectivity index (χ2v) is 5.16. The van der Waals surface area contributed by atoms with E-state index in [1.807, 2.05) is 32.0 Å². The minimum absolute atomic E-state index is 0.00241. The molecule has 3 heteroatoms. The van der Waals surface area contributed by atoms with E-state index in [-0.39, 0.29) is 11.7 Å². The third-order valence-electron chi connectivity index (χ3n) is 3.82. The Morgan fingerprint density at radius 3 is 2.44 bits per heavy atom. The lowest BCUT2D eigenvalue weighted by atomic mass is 9.86. The van der Waals surface area contributed by atoms with E-state index in [0.29, 0.717) is 18.4 Å². The number of hydrogen-bond donors (Lipinski definition) is 1. The summed E-state index contributed by atoms with van der Waals surface area (Å²) in [6.07, 6.45) is 2.15. The molecular weight excluding hydrogens is 228 g/mol. The van der Waals surface area contributed by atoms with Crippen LogP contribution in [0.5, 0.6) is 0 Å². The van der Waals surface area contributed by atoms with Crippen LogP contribution in [0.3, 0.4) is 0 Å². The van der Waals surface area contributed by atoms with E-state index in [4.69, 9.17) is 5.11 Å². The third kappa shape index (κ3) is 2.30. The number of ketones is 1. The summed E-state index contributed by atoms with van der Waals surface area (Å²) in [5.74, 6) is -1.69. The van der Waals surface area contributed by atoms with Crippen molar-refractivity contribution in [1.29, 1.82) is 0 Å². The average Bonchev–Trinajstić information content (AvgIpc) is 2.77. The Morgan fingerprint density at radius 1 is 1.17 bits per heavy atom. The molecule has 3 nitrogen and oxygen atoms in total. The van der Waals surface area contributed by atoms with Gasteiger partial charge < -0.3 is 5.11 Å². The van der Waals surface area contributed by atoms with Gasteiger partial charge in [0.15, 0.2) is 5.78 Å². The van der Waals surface area contributed by atoms with Crippen LogP contribution in [0.2, 0.25) is 0 Å². The molecule has 1 aliphatic carbocycles. The standard InChI is InChI=1S/C15H18O3/c1-9-6-7-11(10(2)8-9)14(16)12-4-3-5-13(12)15(17)18/h6-8,12-13H,3-5H2,1-2H3,(H,17,18)/t12-,13+/m0/s1. The van der Waals surface area contributed by atoms with E-state index in [1.54, 1.807) is 0 Å². The van der Waals surface area contributed by atoms with Crippen LogP contribution >= 0.6 is 0 Å². The van der Waals surface area contributed by atoms with Crippen LogP contribution in [0.4, 0.5) is 0 Å². The highest BCUT2D eigenvalue weighted by molar-refractivity contribution is 6.01. The van der Waals surface area contributed by atoms with Crippen molar-refractivity contribution in [3.63, 3.8) is 0 Å². The van der Waals surface area contributed by atoms with Crippen molar-refractivity contribution >= 4 is 11.8 Å². The van der Waals surface area contributed by atoms with E-state index in [0.717, 1.165) is 17.5 Å². The minimum atomic E-state index is -0.837. The van der Waals surface area contributed by atoms with Crippen molar-refractivity contribution in [3.05, 3.63) is 34.9 Å². The lowest BCUT2D eigenvalue weighted by molar-refractivity contribution is -0.142. The molecule has 1 aromatic rings. The molecule has 1 saturated carbocycles. The number of carbonyl (C=O) groups is 2. The van der Waals surface area contributed by atoms with E-state index in [1.165, 1.54) is 0 Å². The Labute approximate surface area is 107 Å². The van der Waals surface area contributed by atoms with Gasteiger partial charge in [0.25, 0.3) is 0 Å². The maximum atomic E-state index is 12.4. The molecule has 1 N–H and O–H groups in total. The molecule has 2 rings (SSSR count). The largest absolute Gasteiger partial charge is 0.481 e.